The van der Waals surface area contributed by atoms with Gasteiger partial charge in [0.05, 0.1) is 36.2 Å². The summed E-state index contributed by atoms with van der Waals surface area (Å²) in [4.78, 5) is 4.73. The van der Waals surface area contributed by atoms with E-state index in [0.717, 1.165) is 61.6 Å². The van der Waals surface area contributed by atoms with Crippen molar-refractivity contribution in [3.05, 3.63) is 29.4 Å². The van der Waals surface area contributed by atoms with Gasteiger partial charge < -0.3 is 14.0 Å². The second-order valence-electron chi connectivity index (χ2n) is 9.66. The average molecular weight is 525 g/mol. The Kier molecular flexibility index (Phi) is 5.60. The first-order valence-corrected chi connectivity index (χ1v) is 13.9. The summed E-state index contributed by atoms with van der Waals surface area (Å²) in [6.07, 6.45) is 0.421. The molecule has 1 N–H and O–H groups in total. The minimum absolute atomic E-state index is 0.131. The lowest BCUT2D eigenvalue weighted by Crippen LogP contribution is -2.58. The van der Waals surface area contributed by atoms with E-state index in [1.807, 2.05) is 13.0 Å². The minimum Gasteiger partial charge on any atom is -0.378 e. The van der Waals surface area contributed by atoms with Crippen LogP contribution < -0.4 is 9.62 Å². The summed E-state index contributed by atoms with van der Waals surface area (Å²) in [7, 11) is -3.80. The van der Waals surface area contributed by atoms with Crippen molar-refractivity contribution in [2.45, 2.75) is 42.7 Å². The van der Waals surface area contributed by atoms with Crippen molar-refractivity contribution in [1.29, 1.82) is 0 Å². The molecule has 2 saturated heterocycles. The lowest BCUT2D eigenvalue weighted by atomic mass is 10.1. The van der Waals surface area contributed by atoms with Gasteiger partial charge in [0.25, 0.3) is 6.43 Å². The number of morpholine rings is 1. The van der Waals surface area contributed by atoms with Gasteiger partial charge in [-0.05, 0) is 38.0 Å². The van der Waals surface area contributed by atoms with Crippen LogP contribution in [-0.2, 0) is 14.8 Å². The first-order valence-electron chi connectivity index (χ1n) is 11.6. The summed E-state index contributed by atoms with van der Waals surface area (Å²) >= 11 is 0.808. The van der Waals surface area contributed by atoms with Gasteiger partial charge in [-0.25, -0.2) is 21.9 Å². The smallest absolute Gasteiger partial charge is 0.291 e. The second kappa shape index (κ2) is 8.44. The van der Waals surface area contributed by atoms with Crippen LogP contribution in [0, 0.1) is 0 Å². The van der Waals surface area contributed by atoms with E-state index in [9.17, 15) is 17.2 Å². The van der Waals surface area contributed by atoms with Crippen LogP contribution in [-0.4, -0.2) is 78.9 Å². The molecule has 0 bridgehead atoms. The van der Waals surface area contributed by atoms with Crippen molar-refractivity contribution in [1.82, 2.24) is 24.2 Å². The second-order valence-corrected chi connectivity index (χ2v) is 12.3. The van der Waals surface area contributed by atoms with Crippen LogP contribution in [0.15, 0.2) is 29.3 Å². The van der Waals surface area contributed by atoms with Crippen LogP contribution in [0.5, 0.6) is 0 Å². The largest absolute Gasteiger partial charge is 0.378 e. The fraction of sp³-hybridized carbons (Fsp3) is 0.545. The molecule has 9 nitrogen and oxygen atoms in total. The number of hydrogen-bond donors (Lipinski definition) is 1. The Labute approximate surface area is 205 Å². The maximum absolute atomic E-state index is 13.4. The van der Waals surface area contributed by atoms with E-state index in [4.69, 9.17) is 4.74 Å². The highest BCUT2D eigenvalue weighted by molar-refractivity contribution is 7.89. The van der Waals surface area contributed by atoms with Gasteiger partial charge in [-0.1, -0.05) is 11.3 Å². The minimum atomic E-state index is -3.80. The fourth-order valence-electron chi connectivity index (χ4n) is 4.81. The summed E-state index contributed by atoms with van der Waals surface area (Å²) in [6, 6.07) is 5.61. The highest BCUT2D eigenvalue weighted by Gasteiger charge is 2.41. The van der Waals surface area contributed by atoms with Gasteiger partial charge in [-0.2, -0.15) is 0 Å². The normalized spacial score (nSPS) is 22.6. The van der Waals surface area contributed by atoms with Crippen LogP contribution in [0.2, 0.25) is 0 Å². The molecule has 188 valence electrons. The fourth-order valence-corrected chi connectivity index (χ4v) is 7.01. The molecule has 6 rings (SSSR count). The van der Waals surface area contributed by atoms with Crippen molar-refractivity contribution >= 4 is 32.6 Å². The Balaban J connectivity index is 1.46. The Morgan fingerprint density at radius 1 is 1.23 bits per heavy atom. The van der Waals surface area contributed by atoms with E-state index in [1.54, 1.807) is 22.7 Å². The molecule has 3 aliphatic rings. The molecule has 35 heavy (non-hydrogen) atoms. The predicted octanol–water partition coefficient (Wildman–Crippen LogP) is 2.75. The monoisotopic (exact) mass is 524 g/mol. The van der Waals surface area contributed by atoms with E-state index in [2.05, 4.69) is 24.7 Å². The maximum Gasteiger partial charge on any atom is 0.291 e. The molecular weight excluding hydrogens is 498 g/mol. The quantitative estimate of drug-likeness (QED) is 0.530. The van der Waals surface area contributed by atoms with Gasteiger partial charge in [0.2, 0.25) is 10.0 Å². The zero-order valence-electron chi connectivity index (χ0n) is 19.2. The van der Waals surface area contributed by atoms with Gasteiger partial charge in [-0.15, -0.1) is 10.2 Å². The van der Waals surface area contributed by atoms with Gasteiger partial charge in [0.15, 0.2) is 10.0 Å². The number of hydrogen-bond acceptors (Lipinski definition) is 8. The Hall–Kier alpha value is -2.19. The molecule has 3 fully saturated rings. The number of anilines is 1. The average Bonchev–Trinajstić information content (AvgIpc) is 3.22. The molecule has 0 radical (unpaired) electrons. The number of halogens is 2. The van der Waals surface area contributed by atoms with Crippen LogP contribution >= 0.6 is 11.3 Å². The highest BCUT2D eigenvalue weighted by Crippen LogP contribution is 2.38. The van der Waals surface area contributed by atoms with E-state index in [1.165, 1.54) is 0 Å². The predicted molar refractivity (Wildman–Crippen MR) is 128 cm³/mol. The van der Waals surface area contributed by atoms with E-state index >= 15 is 0 Å². The lowest BCUT2D eigenvalue weighted by molar-refractivity contribution is -0.0116. The van der Waals surface area contributed by atoms with Gasteiger partial charge in [0.1, 0.15) is 4.90 Å². The summed E-state index contributed by atoms with van der Waals surface area (Å²) in [5.74, 6) is 0. The molecule has 0 aromatic carbocycles. The van der Waals surface area contributed by atoms with E-state index in [0.29, 0.717) is 23.9 Å². The van der Waals surface area contributed by atoms with Crippen molar-refractivity contribution in [2.24, 2.45) is 0 Å². The number of nitrogens with zero attached hydrogens (tertiary/aromatic N) is 5. The molecule has 2 aliphatic heterocycles. The Bertz CT molecular complexity index is 1370. The molecular formula is C22H26F2N6O3S2. The zero-order chi connectivity index (χ0) is 24.4. The molecule has 3 aromatic rings. The molecule has 5 heterocycles. The molecule has 0 spiro atoms. The van der Waals surface area contributed by atoms with Gasteiger partial charge >= 0.3 is 0 Å². The number of sulfonamides is 1. The molecule has 0 amide bonds. The Morgan fingerprint density at radius 2 is 2.06 bits per heavy atom. The van der Waals surface area contributed by atoms with Gasteiger partial charge in [0, 0.05) is 37.9 Å². The van der Waals surface area contributed by atoms with Crippen molar-refractivity contribution in [3.63, 3.8) is 0 Å². The number of ether oxygens (including phenoxy) is 1. The maximum atomic E-state index is 13.4. The lowest BCUT2D eigenvalue weighted by Gasteiger charge is -2.44. The first-order chi connectivity index (χ1) is 16.7. The number of fused-ring (bicyclic) bond motifs is 2. The number of pyridine rings is 1. The molecule has 0 unspecified atom stereocenters. The third-order valence-corrected chi connectivity index (χ3v) is 9.59. The van der Waals surface area contributed by atoms with Crippen molar-refractivity contribution < 1.29 is 21.9 Å². The van der Waals surface area contributed by atoms with Crippen LogP contribution in [0.25, 0.3) is 16.2 Å². The number of alkyl halides is 2. The van der Waals surface area contributed by atoms with Crippen LogP contribution in [0.4, 0.5) is 14.5 Å². The molecule has 1 atom stereocenters. The van der Waals surface area contributed by atoms with Crippen molar-refractivity contribution in [2.75, 3.05) is 44.3 Å². The van der Waals surface area contributed by atoms with E-state index in [-0.39, 0.29) is 15.9 Å². The summed E-state index contributed by atoms with van der Waals surface area (Å²) in [6.45, 7) is 6.45. The molecule has 1 aliphatic carbocycles. The molecule has 1 saturated carbocycles. The number of aromatic nitrogens is 3. The number of rotatable bonds is 6. The topological polar surface area (TPSA) is 92.1 Å². The van der Waals surface area contributed by atoms with Crippen LogP contribution in [0.1, 0.15) is 31.2 Å². The summed E-state index contributed by atoms with van der Waals surface area (Å²) in [5.41, 5.74) is 1.67. The number of piperazine rings is 1. The van der Waals surface area contributed by atoms with Gasteiger partial charge in [-0.3, -0.25) is 4.90 Å². The third kappa shape index (κ3) is 4.33. The van der Waals surface area contributed by atoms with E-state index < -0.39 is 22.0 Å². The zero-order valence-corrected chi connectivity index (χ0v) is 20.8. The number of nitrogens with one attached hydrogen (secondary N) is 1. The third-order valence-electron chi connectivity index (χ3n) is 7.03. The SMILES string of the molecule is CC1(NS(=O)(=O)c2cc(N3CCN4CCOC[C@H]4C3)c3ccc(-c4nnc(C(F)F)s4)n3c2)CC1. The highest BCUT2D eigenvalue weighted by atomic mass is 32.2. The first kappa shape index (κ1) is 23.2. The summed E-state index contributed by atoms with van der Waals surface area (Å²) < 4.78 is 63.3. The molecule has 13 heteroatoms. The van der Waals surface area contributed by atoms with Crippen LogP contribution in [0.3, 0.4) is 0 Å². The Morgan fingerprint density at radius 3 is 2.80 bits per heavy atom. The summed E-state index contributed by atoms with van der Waals surface area (Å²) in [5, 5.41) is 7.51. The van der Waals surface area contributed by atoms with Crippen molar-refractivity contribution in [3.8, 4) is 10.7 Å². The standard InChI is InChI=1S/C22H26F2N6O3S2/c1-22(4-5-22)27-35(31,32)15-10-18(29-7-6-28-8-9-33-13-14(28)11-29)16-2-3-17(30(16)12-15)20-25-26-21(34-20)19(23)24/h2-3,10,12,14,19,27H,4-9,11,13H2,1H3/t14-/m1/s1. The molecule has 3 aromatic heterocycles.